The van der Waals surface area contributed by atoms with Gasteiger partial charge in [0.15, 0.2) is 11.6 Å². The lowest BCUT2D eigenvalue weighted by Crippen LogP contribution is -2.41. The number of aromatic nitrogens is 2. The molecule has 2 aromatic rings. The van der Waals surface area contributed by atoms with Crippen molar-refractivity contribution >= 4 is 16.7 Å². The van der Waals surface area contributed by atoms with Crippen LogP contribution in [0.4, 0.5) is 10.2 Å². The Labute approximate surface area is 134 Å². The van der Waals surface area contributed by atoms with Crippen LogP contribution in [-0.2, 0) is 0 Å². The Kier molecular flexibility index (Phi) is 4.35. The monoisotopic (exact) mass is 319 g/mol. The van der Waals surface area contributed by atoms with Crippen LogP contribution in [0.15, 0.2) is 18.5 Å². The maximum Gasteiger partial charge on any atom is 0.167 e. The number of methoxy groups -OCH3 is 1. The van der Waals surface area contributed by atoms with E-state index in [1.807, 2.05) is 0 Å². The van der Waals surface area contributed by atoms with Crippen LogP contribution in [0.2, 0.25) is 0 Å². The van der Waals surface area contributed by atoms with Crippen molar-refractivity contribution in [1.82, 2.24) is 9.97 Å². The SMILES string of the molecule is COc1cc2c(NCC3(C)CCCCC3O)ncnc2cc1F. The van der Waals surface area contributed by atoms with Crippen molar-refractivity contribution in [2.24, 2.45) is 5.41 Å². The van der Waals surface area contributed by atoms with Gasteiger partial charge in [0.1, 0.15) is 12.1 Å². The number of rotatable bonds is 4. The van der Waals surface area contributed by atoms with Crippen molar-refractivity contribution < 1.29 is 14.2 Å². The van der Waals surface area contributed by atoms with Crippen LogP contribution in [0, 0.1) is 11.2 Å². The Morgan fingerprint density at radius 2 is 2.22 bits per heavy atom. The third kappa shape index (κ3) is 3.08. The quantitative estimate of drug-likeness (QED) is 0.906. The van der Waals surface area contributed by atoms with Crippen molar-refractivity contribution in [3.8, 4) is 5.75 Å². The van der Waals surface area contributed by atoms with Crippen LogP contribution in [0.3, 0.4) is 0 Å². The molecule has 2 N–H and O–H groups in total. The van der Waals surface area contributed by atoms with Crippen molar-refractivity contribution in [3.05, 3.63) is 24.3 Å². The first-order valence-corrected chi connectivity index (χ1v) is 7.94. The van der Waals surface area contributed by atoms with E-state index in [2.05, 4.69) is 22.2 Å². The Balaban J connectivity index is 1.88. The van der Waals surface area contributed by atoms with E-state index in [0.717, 1.165) is 25.7 Å². The highest BCUT2D eigenvalue weighted by atomic mass is 19.1. The molecule has 1 aliphatic rings. The average molecular weight is 319 g/mol. The van der Waals surface area contributed by atoms with E-state index in [9.17, 15) is 9.50 Å². The number of aliphatic hydroxyl groups excluding tert-OH is 1. The maximum absolute atomic E-state index is 13.8. The van der Waals surface area contributed by atoms with E-state index in [1.54, 1.807) is 6.07 Å². The molecule has 6 heteroatoms. The number of hydrogen-bond acceptors (Lipinski definition) is 5. The summed E-state index contributed by atoms with van der Waals surface area (Å²) < 4.78 is 18.8. The van der Waals surface area contributed by atoms with E-state index >= 15 is 0 Å². The van der Waals surface area contributed by atoms with Crippen LogP contribution in [-0.4, -0.2) is 34.8 Å². The molecule has 3 rings (SSSR count). The predicted octanol–water partition coefficient (Wildman–Crippen LogP) is 3.13. The van der Waals surface area contributed by atoms with Crippen molar-refractivity contribution in [3.63, 3.8) is 0 Å². The topological polar surface area (TPSA) is 67.3 Å². The molecule has 0 aliphatic heterocycles. The Morgan fingerprint density at radius 3 is 2.96 bits per heavy atom. The molecule has 0 amide bonds. The highest BCUT2D eigenvalue weighted by Crippen LogP contribution is 2.36. The number of fused-ring (bicyclic) bond motifs is 1. The highest BCUT2D eigenvalue weighted by molar-refractivity contribution is 5.90. The fourth-order valence-corrected chi connectivity index (χ4v) is 3.23. The summed E-state index contributed by atoms with van der Waals surface area (Å²) in [7, 11) is 1.43. The predicted molar refractivity (Wildman–Crippen MR) is 87.1 cm³/mol. The normalized spacial score (nSPS) is 24.6. The minimum absolute atomic E-state index is 0.166. The number of ether oxygens (including phenoxy) is 1. The van der Waals surface area contributed by atoms with E-state index in [1.165, 1.54) is 19.5 Å². The smallest absolute Gasteiger partial charge is 0.167 e. The number of nitrogens with one attached hydrogen (secondary N) is 1. The third-order valence-corrected chi connectivity index (χ3v) is 4.85. The van der Waals surface area contributed by atoms with Crippen molar-refractivity contribution in [1.29, 1.82) is 0 Å². The van der Waals surface area contributed by atoms with E-state index < -0.39 is 5.82 Å². The number of benzene rings is 1. The molecular formula is C17H22FN3O2. The van der Waals surface area contributed by atoms with Gasteiger partial charge in [0, 0.05) is 23.4 Å². The van der Waals surface area contributed by atoms with Crippen LogP contribution in [0.25, 0.3) is 10.9 Å². The van der Waals surface area contributed by atoms with Gasteiger partial charge in [-0.15, -0.1) is 0 Å². The molecule has 0 saturated heterocycles. The number of nitrogens with zero attached hydrogens (tertiary/aromatic N) is 2. The molecule has 0 spiro atoms. The van der Waals surface area contributed by atoms with E-state index in [-0.39, 0.29) is 17.3 Å². The highest BCUT2D eigenvalue weighted by Gasteiger charge is 2.35. The number of hydrogen-bond donors (Lipinski definition) is 2. The number of halogens is 1. The molecule has 1 aromatic heterocycles. The van der Waals surface area contributed by atoms with E-state index in [4.69, 9.17) is 4.74 Å². The first-order valence-electron chi connectivity index (χ1n) is 7.94. The maximum atomic E-state index is 13.8. The molecule has 1 saturated carbocycles. The van der Waals surface area contributed by atoms with Gasteiger partial charge in [-0.25, -0.2) is 14.4 Å². The molecule has 0 bridgehead atoms. The Morgan fingerprint density at radius 1 is 1.39 bits per heavy atom. The zero-order valence-corrected chi connectivity index (χ0v) is 13.5. The second-order valence-corrected chi connectivity index (χ2v) is 6.50. The average Bonchev–Trinajstić information content (AvgIpc) is 2.55. The summed E-state index contributed by atoms with van der Waals surface area (Å²) in [5.41, 5.74) is 0.342. The third-order valence-electron chi connectivity index (χ3n) is 4.85. The van der Waals surface area contributed by atoms with Gasteiger partial charge in [0.05, 0.1) is 18.7 Å². The Bertz CT molecular complexity index is 710. The van der Waals surface area contributed by atoms with E-state index in [0.29, 0.717) is 23.3 Å². The summed E-state index contributed by atoms with van der Waals surface area (Å²) in [4.78, 5) is 8.38. The minimum Gasteiger partial charge on any atom is -0.494 e. The lowest BCUT2D eigenvalue weighted by atomic mass is 9.73. The van der Waals surface area contributed by atoms with Gasteiger partial charge in [0.25, 0.3) is 0 Å². The lowest BCUT2D eigenvalue weighted by molar-refractivity contribution is 0.00960. The molecule has 124 valence electrons. The van der Waals surface area contributed by atoms with Gasteiger partial charge < -0.3 is 15.2 Å². The van der Waals surface area contributed by atoms with Gasteiger partial charge in [-0.3, -0.25) is 0 Å². The molecule has 2 atom stereocenters. The summed E-state index contributed by atoms with van der Waals surface area (Å²) in [5, 5.41) is 14.3. The fourth-order valence-electron chi connectivity index (χ4n) is 3.23. The van der Waals surface area contributed by atoms with Crippen molar-refractivity contribution in [2.45, 2.75) is 38.7 Å². The molecule has 0 radical (unpaired) electrons. The fraction of sp³-hybridized carbons (Fsp3) is 0.529. The van der Waals surface area contributed by atoms with Crippen LogP contribution in [0.1, 0.15) is 32.6 Å². The van der Waals surface area contributed by atoms with Gasteiger partial charge in [-0.1, -0.05) is 19.8 Å². The summed E-state index contributed by atoms with van der Waals surface area (Å²) in [6, 6.07) is 2.95. The van der Waals surface area contributed by atoms with Crippen LogP contribution < -0.4 is 10.1 Å². The molecule has 1 heterocycles. The molecule has 1 aromatic carbocycles. The molecule has 2 unspecified atom stereocenters. The zero-order valence-electron chi connectivity index (χ0n) is 13.5. The second kappa shape index (κ2) is 6.28. The molecule has 23 heavy (non-hydrogen) atoms. The van der Waals surface area contributed by atoms with Gasteiger partial charge in [-0.05, 0) is 18.9 Å². The summed E-state index contributed by atoms with van der Waals surface area (Å²) in [6.07, 6.45) is 5.10. The number of anilines is 1. The van der Waals surface area contributed by atoms with Gasteiger partial charge in [-0.2, -0.15) is 0 Å². The zero-order chi connectivity index (χ0) is 16.4. The summed E-state index contributed by atoms with van der Waals surface area (Å²) >= 11 is 0. The van der Waals surface area contributed by atoms with Gasteiger partial charge in [0.2, 0.25) is 0 Å². The van der Waals surface area contributed by atoms with Crippen LogP contribution >= 0.6 is 0 Å². The second-order valence-electron chi connectivity index (χ2n) is 6.50. The first-order chi connectivity index (χ1) is 11.0. The molecular weight excluding hydrogens is 297 g/mol. The van der Waals surface area contributed by atoms with Gasteiger partial charge >= 0.3 is 0 Å². The van der Waals surface area contributed by atoms with Crippen molar-refractivity contribution in [2.75, 3.05) is 19.0 Å². The lowest BCUT2D eigenvalue weighted by Gasteiger charge is -2.38. The Hall–Kier alpha value is -1.95. The molecule has 1 fully saturated rings. The largest absolute Gasteiger partial charge is 0.494 e. The molecule has 1 aliphatic carbocycles. The summed E-state index contributed by atoms with van der Waals surface area (Å²) in [6.45, 7) is 2.70. The standard InChI is InChI=1S/C17H22FN3O2/c1-17(6-4-3-5-15(17)22)9-19-16-11-7-14(23-2)12(18)8-13(11)20-10-21-16/h7-8,10,15,22H,3-6,9H2,1-2H3,(H,19,20,21). The van der Waals surface area contributed by atoms with Crippen LogP contribution in [0.5, 0.6) is 5.75 Å². The first kappa shape index (κ1) is 15.9. The number of aliphatic hydroxyl groups is 1. The molecule has 5 nitrogen and oxygen atoms in total. The minimum atomic E-state index is -0.445. The summed E-state index contributed by atoms with van der Waals surface area (Å²) in [5.74, 6) is 0.353.